The quantitative estimate of drug-likeness (QED) is 0.0517. The summed E-state index contributed by atoms with van der Waals surface area (Å²) in [4.78, 5) is 24.6. The van der Waals surface area contributed by atoms with Crippen LogP contribution < -0.4 is 5.32 Å². The van der Waals surface area contributed by atoms with Gasteiger partial charge >= 0.3 is 11.9 Å². The predicted octanol–water partition coefficient (Wildman–Crippen LogP) is 13.2. The maximum Gasteiger partial charge on any atom is 0.306 e. The standard InChI is InChI=1S/C43H85NO4/c1-5-8-11-14-19-26-33-41(34-27-20-15-12-9-6-2)48-43(46)36-29-22-17-24-31-38-44-37-30-23-16-21-28-35-42(45)47-39-40(4)32-25-18-13-10-7-3/h40-41,44H,5-39H2,1-4H3. The van der Waals surface area contributed by atoms with Gasteiger partial charge in [0, 0.05) is 12.8 Å². The van der Waals surface area contributed by atoms with E-state index in [9.17, 15) is 9.59 Å². The fourth-order valence-corrected chi connectivity index (χ4v) is 6.52. The largest absolute Gasteiger partial charge is 0.465 e. The molecule has 5 heteroatoms. The van der Waals surface area contributed by atoms with Crippen LogP contribution in [-0.2, 0) is 19.1 Å². The summed E-state index contributed by atoms with van der Waals surface area (Å²) in [5.41, 5.74) is 0. The lowest BCUT2D eigenvalue weighted by Crippen LogP contribution is -2.18. The van der Waals surface area contributed by atoms with Crippen molar-refractivity contribution < 1.29 is 19.1 Å². The van der Waals surface area contributed by atoms with E-state index in [1.807, 2.05) is 0 Å². The fourth-order valence-electron chi connectivity index (χ4n) is 6.52. The van der Waals surface area contributed by atoms with Gasteiger partial charge in [-0.1, -0.05) is 163 Å². The summed E-state index contributed by atoms with van der Waals surface area (Å²) in [5, 5.41) is 3.59. The number of hydrogen-bond donors (Lipinski definition) is 1. The normalized spacial score (nSPS) is 12.1. The van der Waals surface area contributed by atoms with Crippen molar-refractivity contribution in [1.82, 2.24) is 5.32 Å². The molecule has 0 aliphatic rings. The molecule has 1 unspecified atom stereocenters. The number of ether oxygens (including phenoxy) is 2. The minimum atomic E-state index is -0.0133. The Morgan fingerprint density at radius 2 is 0.833 bits per heavy atom. The van der Waals surface area contributed by atoms with Gasteiger partial charge in [-0.3, -0.25) is 9.59 Å². The molecule has 0 aliphatic carbocycles. The molecule has 0 spiro atoms. The Labute approximate surface area is 300 Å². The van der Waals surface area contributed by atoms with Gasteiger partial charge in [-0.25, -0.2) is 0 Å². The Morgan fingerprint density at radius 3 is 1.31 bits per heavy atom. The summed E-state index contributed by atoms with van der Waals surface area (Å²) in [7, 11) is 0. The second-order valence-corrected chi connectivity index (χ2v) is 15.0. The van der Waals surface area contributed by atoms with Crippen molar-refractivity contribution in [2.24, 2.45) is 5.92 Å². The Bertz CT molecular complexity index is 653. The van der Waals surface area contributed by atoms with Crippen molar-refractivity contribution in [3.8, 4) is 0 Å². The van der Waals surface area contributed by atoms with Gasteiger partial charge < -0.3 is 14.8 Å². The third kappa shape index (κ3) is 36.2. The molecule has 0 aromatic rings. The minimum absolute atomic E-state index is 0.0133. The lowest BCUT2D eigenvalue weighted by atomic mass is 10.0. The van der Waals surface area contributed by atoms with E-state index >= 15 is 0 Å². The first-order valence-electron chi connectivity index (χ1n) is 21.6. The molecule has 0 aromatic carbocycles. The molecular weight excluding hydrogens is 594 g/mol. The van der Waals surface area contributed by atoms with Gasteiger partial charge in [-0.05, 0) is 76.8 Å². The molecular formula is C43H85NO4. The highest BCUT2D eigenvalue weighted by molar-refractivity contribution is 5.69. The van der Waals surface area contributed by atoms with Gasteiger partial charge in [-0.15, -0.1) is 0 Å². The van der Waals surface area contributed by atoms with Crippen LogP contribution in [0.15, 0.2) is 0 Å². The third-order valence-electron chi connectivity index (χ3n) is 9.86. The predicted molar refractivity (Wildman–Crippen MR) is 208 cm³/mol. The van der Waals surface area contributed by atoms with E-state index < -0.39 is 0 Å². The van der Waals surface area contributed by atoms with Crippen molar-refractivity contribution in [3.05, 3.63) is 0 Å². The summed E-state index contributed by atoms with van der Waals surface area (Å²) in [6, 6.07) is 0. The molecule has 5 nitrogen and oxygen atoms in total. The first kappa shape index (κ1) is 46.9. The molecule has 0 saturated heterocycles. The third-order valence-corrected chi connectivity index (χ3v) is 9.86. The zero-order chi connectivity index (χ0) is 35.2. The summed E-state index contributed by atoms with van der Waals surface area (Å²) in [5.74, 6) is 0.503. The molecule has 48 heavy (non-hydrogen) atoms. The molecule has 0 aromatic heterocycles. The molecule has 1 atom stereocenters. The van der Waals surface area contributed by atoms with E-state index in [1.165, 1.54) is 154 Å². The fraction of sp³-hybridized carbons (Fsp3) is 0.953. The Morgan fingerprint density at radius 1 is 0.458 bits per heavy atom. The summed E-state index contributed by atoms with van der Waals surface area (Å²) >= 11 is 0. The van der Waals surface area contributed by atoms with Crippen LogP contribution >= 0.6 is 0 Å². The molecule has 0 rings (SSSR count). The van der Waals surface area contributed by atoms with Gasteiger partial charge in [0.1, 0.15) is 6.10 Å². The van der Waals surface area contributed by atoms with Crippen molar-refractivity contribution >= 4 is 11.9 Å². The lowest BCUT2D eigenvalue weighted by Gasteiger charge is -2.18. The second kappa shape index (κ2) is 38.7. The van der Waals surface area contributed by atoms with E-state index in [4.69, 9.17) is 9.47 Å². The van der Waals surface area contributed by atoms with Crippen molar-refractivity contribution in [1.29, 1.82) is 0 Å². The van der Waals surface area contributed by atoms with Gasteiger partial charge in [0.25, 0.3) is 0 Å². The topological polar surface area (TPSA) is 64.6 Å². The highest BCUT2D eigenvalue weighted by atomic mass is 16.5. The number of rotatable bonds is 39. The zero-order valence-electron chi connectivity index (χ0n) is 33.0. The summed E-state index contributed by atoms with van der Waals surface area (Å²) < 4.78 is 11.5. The minimum Gasteiger partial charge on any atom is -0.465 e. The van der Waals surface area contributed by atoms with Crippen molar-refractivity contribution in [2.75, 3.05) is 19.7 Å². The molecule has 0 radical (unpaired) electrons. The number of unbranched alkanes of at least 4 members (excludes halogenated alkanes) is 22. The molecule has 286 valence electrons. The van der Waals surface area contributed by atoms with E-state index in [0.29, 0.717) is 25.4 Å². The molecule has 1 N–H and O–H groups in total. The zero-order valence-corrected chi connectivity index (χ0v) is 33.0. The van der Waals surface area contributed by atoms with Gasteiger partial charge in [0.15, 0.2) is 0 Å². The van der Waals surface area contributed by atoms with Gasteiger partial charge in [-0.2, -0.15) is 0 Å². The highest BCUT2D eigenvalue weighted by Crippen LogP contribution is 2.18. The van der Waals surface area contributed by atoms with Crippen LogP contribution in [0.4, 0.5) is 0 Å². The van der Waals surface area contributed by atoms with Crippen LogP contribution in [-0.4, -0.2) is 37.7 Å². The average Bonchev–Trinajstić information content (AvgIpc) is 3.08. The van der Waals surface area contributed by atoms with Crippen LogP contribution in [0.1, 0.15) is 233 Å². The first-order valence-corrected chi connectivity index (χ1v) is 21.6. The SMILES string of the molecule is CCCCCCCCC(CCCCCCCC)OC(=O)CCCCCCCNCCCCCCCC(=O)OCC(C)CCCCCCC. The van der Waals surface area contributed by atoms with Crippen LogP contribution in [0.2, 0.25) is 0 Å². The molecule has 0 amide bonds. The van der Waals surface area contributed by atoms with E-state index in [1.54, 1.807) is 0 Å². The number of esters is 2. The first-order chi connectivity index (χ1) is 23.5. The Hall–Kier alpha value is -1.10. The van der Waals surface area contributed by atoms with E-state index in [-0.39, 0.29) is 18.0 Å². The van der Waals surface area contributed by atoms with E-state index in [2.05, 4.69) is 33.0 Å². The summed E-state index contributed by atoms with van der Waals surface area (Å²) in [6.45, 7) is 11.7. The second-order valence-electron chi connectivity index (χ2n) is 15.0. The Kier molecular flexibility index (Phi) is 37.8. The Balaban J connectivity index is 3.68. The summed E-state index contributed by atoms with van der Waals surface area (Å²) in [6.07, 6.45) is 38.1. The van der Waals surface area contributed by atoms with E-state index in [0.717, 1.165) is 51.6 Å². The van der Waals surface area contributed by atoms with Gasteiger partial charge in [0.05, 0.1) is 6.61 Å². The molecule has 0 saturated carbocycles. The molecule has 0 fully saturated rings. The molecule has 0 aliphatic heterocycles. The maximum atomic E-state index is 12.6. The molecule has 0 heterocycles. The monoisotopic (exact) mass is 680 g/mol. The number of hydrogen-bond acceptors (Lipinski definition) is 5. The number of nitrogens with one attached hydrogen (secondary N) is 1. The average molecular weight is 680 g/mol. The van der Waals surface area contributed by atoms with Gasteiger partial charge in [0.2, 0.25) is 0 Å². The molecule has 0 bridgehead atoms. The van der Waals surface area contributed by atoms with Crippen LogP contribution in [0, 0.1) is 5.92 Å². The van der Waals surface area contributed by atoms with Crippen molar-refractivity contribution in [2.45, 2.75) is 239 Å². The number of carbonyl (C=O) groups is 2. The lowest BCUT2D eigenvalue weighted by molar-refractivity contribution is -0.150. The van der Waals surface area contributed by atoms with Crippen LogP contribution in [0.5, 0.6) is 0 Å². The van der Waals surface area contributed by atoms with Crippen LogP contribution in [0.25, 0.3) is 0 Å². The smallest absolute Gasteiger partial charge is 0.306 e. The van der Waals surface area contributed by atoms with Crippen LogP contribution in [0.3, 0.4) is 0 Å². The highest BCUT2D eigenvalue weighted by Gasteiger charge is 2.14. The number of carbonyl (C=O) groups excluding carboxylic acids is 2. The van der Waals surface area contributed by atoms with Crippen molar-refractivity contribution in [3.63, 3.8) is 0 Å². The maximum absolute atomic E-state index is 12.6.